The van der Waals surface area contributed by atoms with Crippen molar-refractivity contribution in [3.63, 3.8) is 0 Å². The number of imidazole rings is 1. The Labute approximate surface area is 111 Å². The van der Waals surface area contributed by atoms with Crippen molar-refractivity contribution in [3.05, 3.63) is 12.4 Å². The third-order valence-corrected chi connectivity index (χ3v) is 4.09. The normalized spacial score (nSPS) is 15.2. The summed E-state index contributed by atoms with van der Waals surface area (Å²) in [6.45, 7) is 5.16. The van der Waals surface area contributed by atoms with Gasteiger partial charge in [0.25, 0.3) is 0 Å². The number of hydrogen-bond donors (Lipinski definition) is 1. The number of carboxylic acids is 1. The van der Waals surface area contributed by atoms with Gasteiger partial charge in [0.1, 0.15) is 0 Å². The van der Waals surface area contributed by atoms with Crippen LogP contribution in [0.25, 0.3) is 0 Å². The second kappa shape index (κ2) is 6.24. The molecule has 6 heteroatoms. The van der Waals surface area contributed by atoms with Crippen molar-refractivity contribution < 1.29 is 9.90 Å². The first-order valence-corrected chi connectivity index (χ1v) is 7.29. The van der Waals surface area contributed by atoms with Gasteiger partial charge in [0, 0.05) is 31.5 Å². The highest BCUT2D eigenvalue weighted by atomic mass is 32.2. The molecule has 1 N–H and O–H groups in total. The molecule has 0 unspecified atom stereocenters. The van der Waals surface area contributed by atoms with E-state index in [1.165, 1.54) is 24.6 Å². The Kier molecular flexibility index (Phi) is 4.66. The predicted molar refractivity (Wildman–Crippen MR) is 70.9 cm³/mol. The Bertz CT molecular complexity index is 404. The Hall–Kier alpha value is -1.01. The molecular formula is C12H19N3O2S. The molecule has 100 valence electrons. The second-order valence-corrected chi connectivity index (χ2v) is 5.39. The summed E-state index contributed by atoms with van der Waals surface area (Å²) in [6.07, 6.45) is 6.29. The van der Waals surface area contributed by atoms with Crippen molar-refractivity contribution >= 4 is 17.7 Å². The van der Waals surface area contributed by atoms with Crippen LogP contribution in [0.3, 0.4) is 0 Å². The largest absolute Gasteiger partial charge is 0.481 e. The fourth-order valence-corrected chi connectivity index (χ4v) is 2.71. The summed E-state index contributed by atoms with van der Waals surface area (Å²) < 4.78 is 2.04. The highest BCUT2D eigenvalue weighted by Gasteiger charge is 2.27. The Morgan fingerprint density at radius 2 is 2.44 bits per heavy atom. The van der Waals surface area contributed by atoms with Crippen LogP contribution in [0.2, 0.25) is 0 Å². The maximum Gasteiger partial charge on any atom is 0.313 e. The number of aromatic nitrogens is 2. The number of hydrogen-bond acceptors (Lipinski definition) is 4. The Morgan fingerprint density at radius 3 is 3.06 bits per heavy atom. The number of rotatable bonds is 8. The van der Waals surface area contributed by atoms with E-state index in [0.29, 0.717) is 0 Å². The van der Waals surface area contributed by atoms with Gasteiger partial charge >= 0.3 is 5.97 Å². The first-order valence-electron chi connectivity index (χ1n) is 6.30. The van der Waals surface area contributed by atoms with E-state index in [1.807, 2.05) is 10.8 Å². The molecular weight excluding hydrogens is 250 g/mol. The quantitative estimate of drug-likeness (QED) is 0.726. The minimum absolute atomic E-state index is 0.0666. The van der Waals surface area contributed by atoms with E-state index in [4.69, 9.17) is 5.11 Å². The van der Waals surface area contributed by atoms with Crippen molar-refractivity contribution in [2.75, 3.05) is 18.8 Å². The van der Waals surface area contributed by atoms with Crippen molar-refractivity contribution in [1.82, 2.24) is 14.5 Å². The lowest BCUT2D eigenvalue weighted by Gasteiger charge is -2.20. The first-order chi connectivity index (χ1) is 8.70. The van der Waals surface area contributed by atoms with Gasteiger partial charge in [-0.3, -0.25) is 9.69 Å². The minimum atomic E-state index is -0.803. The molecule has 0 saturated heterocycles. The standard InChI is InChI=1S/C12H19N3O2S/c1-2-14(10-3-4-10)7-8-15-6-5-13-12(15)18-9-11(16)17/h5-6,10H,2-4,7-9H2,1H3,(H,16,17). The highest BCUT2D eigenvalue weighted by Crippen LogP contribution is 2.26. The molecule has 1 aliphatic carbocycles. The van der Waals surface area contributed by atoms with Crippen LogP contribution in [0.15, 0.2) is 17.6 Å². The number of carboxylic acid groups (broad SMARTS) is 1. The van der Waals surface area contributed by atoms with Gasteiger partial charge in [0.2, 0.25) is 0 Å². The average molecular weight is 269 g/mol. The smallest absolute Gasteiger partial charge is 0.313 e. The molecule has 0 aromatic carbocycles. The fraction of sp³-hybridized carbons (Fsp3) is 0.667. The molecule has 0 amide bonds. The molecule has 18 heavy (non-hydrogen) atoms. The monoisotopic (exact) mass is 269 g/mol. The summed E-state index contributed by atoms with van der Waals surface area (Å²) in [5, 5.41) is 9.47. The lowest BCUT2D eigenvalue weighted by molar-refractivity contribution is -0.133. The summed E-state index contributed by atoms with van der Waals surface area (Å²) in [4.78, 5) is 17.2. The third kappa shape index (κ3) is 3.74. The maximum absolute atomic E-state index is 10.5. The molecule has 1 aromatic heterocycles. The van der Waals surface area contributed by atoms with Gasteiger partial charge in [-0.15, -0.1) is 0 Å². The van der Waals surface area contributed by atoms with E-state index in [-0.39, 0.29) is 5.75 Å². The number of carbonyl (C=O) groups is 1. The third-order valence-electron chi connectivity index (χ3n) is 3.10. The Balaban J connectivity index is 1.84. The number of likely N-dealkylation sites (N-methyl/N-ethyl adjacent to an activating group) is 1. The molecule has 1 aliphatic rings. The molecule has 1 fully saturated rings. The first kappa shape index (κ1) is 13.4. The van der Waals surface area contributed by atoms with Crippen LogP contribution in [-0.2, 0) is 11.3 Å². The molecule has 1 saturated carbocycles. The van der Waals surface area contributed by atoms with Gasteiger partial charge in [-0.1, -0.05) is 18.7 Å². The van der Waals surface area contributed by atoms with Gasteiger partial charge in [0.15, 0.2) is 5.16 Å². The summed E-state index contributed by atoms with van der Waals surface area (Å²) in [5.41, 5.74) is 0. The van der Waals surface area contributed by atoms with Gasteiger partial charge in [-0.25, -0.2) is 4.98 Å². The topological polar surface area (TPSA) is 58.4 Å². The number of aliphatic carboxylic acids is 1. The number of nitrogens with zero attached hydrogens (tertiary/aromatic N) is 3. The molecule has 0 aliphatic heterocycles. The fourth-order valence-electron chi connectivity index (χ4n) is 2.01. The van der Waals surface area contributed by atoms with Gasteiger partial charge in [-0.2, -0.15) is 0 Å². The van der Waals surface area contributed by atoms with Gasteiger partial charge in [-0.05, 0) is 19.4 Å². The van der Waals surface area contributed by atoms with E-state index in [9.17, 15) is 4.79 Å². The molecule has 0 bridgehead atoms. The SMILES string of the molecule is CCN(CCn1ccnc1SCC(=O)O)C1CC1. The summed E-state index contributed by atoms with van der Waals surface area (Å²) in [6, 6.07) is 0.772. The molecule has 5 nitrogen and oxygen atoms in total. The second-order valence-electron chi connectivity index (χ2n) is 4.45. The van der Waals surface area contributed by atoms with Crippen molar-refractivity contribution in [3.8, 4) is 0 Å². The van der Waals surface area contributed by atoms with Crippen LogP contribution in [0, 0.1) is 0 Å². The van der Waals surface area contributed by atoms with E-state index in [1.54, 1.807) is 6.20 Å². The molecule has 1 aromatic rings. The predicted octanol–water partition coefficient (Wildman–Crippen LogP) is 1.54. The van der Waals surface area contributed by atoms with Crippen LogP contribution in [-0.4, -0.2) is 50.4 Å². The van der Waals surface area contributed by atoms with Crippen LogP contribution < -0.4 is 0 Å². The van der Waals surface area contributed by atoms with E-state index in [0.717, 1.165) is 30.8 Å². The van der Waals surface area contributed by atoms with E-state index in [2.05, 4.69) is 16.8 Å². The lowest BCUT2D eigenvalue weighted by Crippen LogP contribution is -2.29. The Morgan fingerprint density at radius 1 is 1.67 bits per heavy atom. The minimum Gasteiger partial charge on any atom is -0.481 e. The van der Waals surface area contributed by atoms with Crippen LogP contribution in [0.4, 0.5) is 0 Å². The summed E-state index contributed by atoms with van der Waals surface area (Å²) >= 11 is 1.28. The molecule has 1 heterocycles. The van der Waals surface area contributed by atoms with Crippen LogP contribution >= 0.6 is 11.8 Å². The van der Waals surface area contributed by atoms with Crippen molar-refractivity contribution in [2.24, 2.45) is 0 Å². The zero-order valence-electron chi connectivity index (χ0n) is 10.6. The van der Waals surface area contributed by atoms with Gasteiger partial charge < -0.3 is 9.67 Å². The average Bonchev–Trinajstić information content (AvgIpc) is 3.07. The van der Waals surface area contributed by atoms with Crippen molar-refractivity contribution in [2.45, 2.75) is 37.5 Å². The zero-order valence-corrected chi connectivity index (χ0v) is 11.4. The molecule has 0 atom stereocenters. The van der Waals surface area contributed by atoms with Gasteiger partial charge in [0.05, 0.1) is 5.75 Å². The van der Waals surface area contributed by atoms with E-state index < -0.39 is 5.97 Å². The lowest BCUT2D eigenvalue weighted by atomic mass is 10.4. The van der Waals surface area contributed by atoms with Crippen molar-refractivity contribution in [1.29, 1.82) is 0 Å². The number of thioether (sulfide) groups is 1. The summed E-state index contributed by atoms with van der Waals surface area (Å²) in [7, 11) is 0. The highest BCUT2D eigenvalue weighted by molar-refractivity contribution is 7.99. The van der Waals surface area contributed by atoms with E-state index >= 15 is 0 Å². The zero-order chi connectivity index (χ0) is 13.0. The molecule has 0 radical (unpaired) electrons. The summed E-state index contributed by atoms with van der Waals surface area (Å²) in [5.74, 6) is -0.736. The maximum atomic E-state index is 10.5. The molecule has 0 spiro atoms. The molecule has 2 rings (SSSR count). The van der Waals surface area contributed by atoms with Crippen LogP contribution in [0.5, 0.6) is 0 Å². The van der Waals surface area contributed by atoms with Crippen LogP contribution in [0.1, 0.15) is 19.8 Å².